The van der Waals surface area contributed by atoms with Crippen molar-refractivity contribution >= 4 is 5.69 Å². The van der Waals surface area contributed by atoms with Crippen molar-refractivity contribution in [2.75, 3.05) is 5.73 Å². The van der Waals surface area contributed by atoms with E-state index in [1.54, 1.807) is 16.8 Å². The van der Waals surface area contributed by atoms with Crippen LogP contribution >= 0.6 is 0 Å². The zero-order valence-electron chi connectivity index (χ0n) is 9.24. The van der Waals surface area contributed by atoms with Gasteiger partial charge in [-0.05, 0) is 25.3 Å². The van der Waals surface area contributed by atoms with E-state index in [2.05, 4.69) is 0 Å². The third-order valence-electron chi connectivity index (χ3n) is 2.32. The summed E-state index contributed by atoms with van der Waals surface area (Å²) in [6.07, 6.45) is 1.74. The molecule has 0 fully saturated rings. The number of pyridine rings is 1. The topological polar surface area (TPSA) is 48.0 Å². The van der Waals surface area contributed by atoms with Crippen LogP contribution in [-0.4, -0.2) is 4.57 Å². The highest BCUT2D eigenvalue weighted by Gasteiger charge is 2.08. The van der Waals surface area contributed by atoms with E-state index in [0.29, 0.717) is 11.6 Å². The van der Waals surface area contributed by atoms with E-state index in [9.17, 15) is 4.79 Å². The zero-order chi connectivity index (χ0) is 10.9. The lowest BCUT2D eigenvalue weighted by Crippen LogP contribution is -2.22. The molecule has 0 aliphatic carbocycles. The van der Waals surface area contributed by atoms with Crippen molar-refractivity contribution in [2.24, 2.45) is 0 Å². The van der Waals surface area contributed by atoms with Gasteiger partial charge in [0.15, 0.2) is 0 Å². The summed E-state index contributed by atoms with van der Waals surface area (Å²) in [6.45, 7) is 8.00. The molecule has 78 valence electrons. The molecule has 1 aromatic heterocycles. The largest absolute Gasteiger partial charge is 0.397 e. The van der Waals surface area contributed by atoms with E-state index in [1.165, 1.54) is 0 Å². The van der Waals surface area contributed by atoms with Crippen molar-refractivity contribution in [2.45, 2.75) is 39.7 Å². The molecule has 0 aliphatic heterocycles. The first-order chi connectivity index (χ1) is 6.43. The van der Waals surface area contributed by atoms with Crippen LogP contribution in [-0.2, 0) is 0 Å². The molecule has 0 saturated heterocycles. The molecule has 0 spiro atoms. The molecule has 0 atom stereocenters. The molecule has 1 heterocycles. The van der Waals surface area contributed by atoms with E-state index in [4.69, 9.17) is 5.73 Å². The Morgan fingerprint density at radius 3 is 2.29 bits per heavy atom. The van der Waals surface area contributed by atoms with E-state index in [0.717, 1.165) is 5.56 Å². The monoisotopic (exact) mass is 194 g/mol. The third-order valence-corrected chi connectivity index (χ3v) is 2.32. The van der Waals surface area contributed by atoms with Crippen LogP contribution in [0.1, 0.15) is 45.2 Å². The zero-order valence-corrected chi connectivity index (χ0v) is 9.24. The predicted octanol–water partition coefficient (Wildman–Crippen LogP) is 2.13. The summed E-state index contributed by atoms with van der Waals surface area (Å²) in [4.78, 5) is 11.6. The minimum atomic E-state index is 0.0258. The Kier molecular flexibility index (Phi) is 2.99. The average Bonchev–Trinajstić information content (AvgIpc) is 2.07. The van der Waals surface area contributed by atoms with Gasteiger partial charge < -0.3 is 10.3 Å². The number of rotatable bonds is 2. The predicted molar refractivity (Wildman–Crippen MR) is 59.6 cm³/mol. The summed E-state index contributed by atoms with van der Waals surface area (Å²) in [5.41, 5.74) is 7.53. The molecule has 3 heteroatoms. The minimum absolute atomic E-state index is 0.0258. The van der Waals surface area contributed by atoms with Crippen LogP contribution in [0.5, 0.6) is 0 Å². The Morgan fingerprint density at radius 1 is 1.29 bits per heavy atom. The second-order valence-electron chi connectivity index (χ2n) is 4.18. The second-order valence-corrected chi connectivity index (χ2v) is 4.18. The Labute approximate surface area is 84.6 Å². The molecule has 14 heavy (non-hydrogen) atoms. The molecule has 0 aromatic carbocycles. The van der Waals surface area contributed by atoms with Gasteiger partial charge in [0.05, 0.1) is 5.69 Å². The fraction of sp³-hybridized carbons (Fsp3) is 0.545. The summed E-state index contributed by atoms with van der Waals surface area (Å²) in [7, 11) is 0. The molecule has 0 aliphatic rings. The Morgan fingerprint density at radius 2 is 1.86 bits per heavy atom. The average molecular weight is 194 g/mol. The minimum Gasteiger partial charge on any atom is -0.397 e. The van der Waals surface area contributed by atoms with Crippen LogP contribution in [0, 0.1) is 0 Å². The maximum Gasteiger partial charge on any atom is 0.251 e. The summed E-state index contributed by atoms with van der Waals surface area (Å²) >= 11 is 0. The van der Waals surface area contributed by atoms with Gasteiger partial charge in [0, 0.05) is 18.3 Å². The van der Waals surface area contributed by atoms with Gasteiger partial charge in [0.2, 0.25) is 0 Å². The SMILES string of the molecule is CC(C)c1cc(=O)n(C(C)C)cc1N. The highest BCUT2D eigenvalue weighted by Crippen LogP contribution is 2.19. The van der Waals surface area contributed by atoms with Gasteiger partial charge in [-0.2, -0.15) is 0 Å². The highest BCUT2D eigenvalue weighted by molar-refractivity contribution is 5.46. The highest BCUT2D eigenvalue weighted by atomic mass is 16.1. The molecular weight excluding hydrogens is 176 g/mol. The number of aromatic nitrogens is 1. The summed E-state index contributed by atoms with van der Waals surface area (Å²) in [5.74, 6) is 0.296. The Bertz CT molecular complexity index is 377. The van der Waals surface area contributed by atoms with E-state index in [-0.39, 0.29) is 11.6 Å². The van der Waals surface area contributed by atoms with Crippen molar-refractivity contribution < 1.29 is 0 Å². The summed E-state index contributed by atoms with van der Waals surface area (Å²) < 4.78 is 1.65. The fourth-order valence-corrected chi connectivity index (χ4v) is 1.48. The van der Waals surface area contributed by atoms with Crippen molar-refractivity contribution in [3.63, 3.8) is 0 Å². The molecule has 0 unspecified atom stereocenters. The third kappa shape index (κ3) is 1.97. The van der Waals surface area contributed by atoms with Gasteiger partial charge in [-0.1, -0.05) is 13.8 Å². The number of anilines is 1. The molecule has 0 radical (unpaired) electrons. The van der Waals surface area contributed by atoms with Gasteiger partial charge in [-0.15, -0.1) is 0 Å². The van der Waals surface area contributed by atoms with Crippen molar-refractivity contribution in [1.82, 2.24) is 4.57 Å². The van der Waals surface area contributed by atoms with Crippen LogP contribution in [0.3, 0.4) is 0 Å². The van der Waals surface area contributed by atoms with Crippen molar-refractivity contribution in [3.8, 4) is 0 Å². The maximum atomic E-state index is 11.6. The molecule has 0 saturated carbocycles. The lowest BCUT2D eigenvalue weighted by molar-refractivity contribution is 0.577. The number of nitrogens with zero attached hydrogens (tertiary/aromatic N) is 1. The van der Waals surface area contributed by atoms with Crippen molar-refractivity contribution in [3.05, 3.63) is 28.2 Å². The standard InChI is InChI=1S/C11H18N2O/c1-7(2)9-5-11(14)13(8(3)4)6-10(9)12/h5-8H,12H2,1-4H3. The summed E-state index contributed by atoms with van der Waals surface area (Å²) in [5, 5.41) is 0. The van der Waals surface area contributed by atoms with Gasteiger partial charge in [0.25, 0.3) is 5.56 Å². The maximum absolute atomic E-state index is 11.6. The fourth-order valence-electron chi connectivity index (χ4n) is 1.48. The molecule has 0 amide bonds. The number of nitrogen functional groups attached to an aromatic ring is 1. The molecule has 1 aromatic rings. The number of nitrogens with two attached hydrogens (primary N) is 1. The first kappa shape index (κ1) is 10.8. The van der Waals surface area contributed by atoms with Crippen molar-refractivity contribution in [1.29, 1.82) is 0 Å². The second kappa shape index (κ2) is 3.86. The molecule has 0 bridgehead atoms. The van der Waals surface area contributed by atoms with Crippen LogP contribution < -0.4 is 11.3 Å². The van der Waals surface area contributed by atoms with Crippen LogP contribution in [0.4, 0.5) is 5.69 Å². The van der Waals surface area contributed by atoms with Crippen LogP contribution in [0.15, 0.2) is 17.1 Å². The number of hydrogen-bond donors (Lipinski definition) is 1. The normalized spacial score (nSPS) is 11.3. The first-order valence-corrected chi connectivity index (χ1v) is 4.95. The molecule has 3 nitrogen and oxygen atoms in total. The van der Waals surface area contributed by atoms with Gasteiger partial charge in [-0.25, -0.2) is 0 Å². The Balaban J connectivity index is 3.32. The molecule has 1 rings (SSSR count). The van der Waals surface area contributed by atoms with Crippen LogP contribution in [0.2, 0.25) is 0 Å². The van der Waals surface area contributed by atoms with Gasteiger partial charge >= 0.3 is 0 Å². The quantitative estimate of drug-likeness (QED) is 0.784. The van der Waals surface area contributed by atoms with E-state index >= 15 is 0 Å². The number of hydrogen-bond acceptors (Lipinski definition) is 2. The van der Waals surface area contributed by atoms with Gasteiger partial charge in [-0.3, -0.25) is 4.79 Å². The van der Waals surface area contributed by atoms with E-state index < -0.39 is 0 Å². The lowest BCUT2D eigenvalue weighted by Gasteiger charge is -2.14. The summed E-state index contributed by atoms with van der Waals surface area (Å²) in [6, 6.07) is 1.80. The van der Waals surface area contributed by atoms with E-state index in [1.807, 2.05) is 27.7 Å². The smallest absolute Gasteiger partial charge is 0.251 e. The lowest BCUT2D eigenvalue weighted by atomic mass is 10.0. The first-order valence-electron chi connectivity index (χ1n) is 4.95. The molecule has 2 N–H and O–H groups in total. The Hall–Kier alpha value is -1.25. The van der Waals surface area contributed by atoms with Gasteiger partial charge in [0.1, 0.15) is 0 Å². The molecular formula is C11H18N2O. The van der Waals surface area contributed by atoms with Crippen LogP contribution in [0.25, 0.3) is 0 Å².